The van der Waals surface area contributed by atoms with Crippen LogP contribution in [0, 0.1) is 11.2 Å². The third-order valence-corrected chi connectivity index (χ3v) is 7.78. The van der Waals surface area contributed by atoms with E-state index in [0.717, 1.165) is 37.2 Å². The number of carbonyl (C=O) groups excluding carboxylic acids is 2. The van der Waals surface area contributed by atoms with E-state index in [1.165, 1.54) is 17.4 Å². The number of benzene rings is 3. The molecule has 10 heteroatoms. The van der Waals surface area contributed by atoms with Gasteiger partial charge in [-0.05, 0) is 61.6 Å². The molecule has 3 aromatic rings. The Hall–Kier alpha value is -4.44. The summed E-state index contributed by atoms with van der Waals surface area (Å²) in [6.45, 7) is 4.60. The molecular formula is C32H37FN6O3. The number of nitrogens with two attached hydrogens (primary N) is 1. The SMILES string of the molecule is CCO[C@@H](C(=O)NCc1ccc(C(=N)N)cc1NCc1ccccc1F)N1Cc2ccc(N3CCCCC3)cc2C1=O. The van der Waals surface area contributed by atoms with Crippen molar-refractivity contribution in [1.29, 1.82) is 5.41 Å². The molecule has 2 aliphatic rings. The number of hydrogen-bond donors (Lipinski definition) is 4. The second kappa shape index (κ2) is 13.0. The smallest absolute Gasteiger partial charge is 0.270 e. The van der Waals surface area contributed by atoms with Crippen molar-refractivity contribution < 1.29 is 18.7 Å². The Labute approximate surface area is 245 Å². The Morgan fingerprint density at radius 1 is 1.05 bits per heavy atom. The van der Waals surface area contributed by atoms with Crippen LogP contribution in [0.15, 0.2) is 60.7 Å². The maximum absolute atomic E-state index is 14.2. The minimum atomic E-state index is -1.10. The van der Waals surface area contributed by atoms with Gasteiger partial charge in [-0.25, -0.2) is 4.39 Å². The largest absolute Gasteiger partial charge is 0.384 e. The van der Waals surface area contributed by atoms with E-state index in [9.17, 15) is 14.0 Å². The summed E-state index contributed by atoms with van der Waals surface area (Å²) in [6.07, 6.45) is 2.41. The molecule has 0 aromatic heterocycles. The van der Waals surface area contributed by atoms with Crippen LogP contribution in [0.3, 0.4) is 0 Å². The number of halogens is 1. The lowest BCUT2D eigenvalue weighted by atomic mass is 10.1. The molecule has 3 aromatic carbocycles. The number of fused-ring (bicyclic) bond motifs is 1. The number of hydrogen-bond acceptors (Lipinski definition) is 6. The second-order valence-corrected chi connectivity index (χ2v) is 10.6. The number of nitrogens with one attached hydrogen (secondary N) is 3. The van der Waals surface area contributed by atoms with Crippen LogP contribution in [0.1, 0.15) is 58.8 Å². The number of nitrogens with zero attached hydrogens (tertiary/aromatic N) is 2. The minimum absolute atomic E-state index is 0.105. The van der Waals surface area contributed by atoms with Crippen LogP contribution in [0.4, 0.5) is 15.8 Å². The molecule has 9 nitrogen and oxygen atoms in total. The molecular weight excluding hydrogens is 535 g/mol. The van der Waals surface area contributed by atoms with E-state index in [1.807, 2.05) is 12.1 Å². The van der Waals surface area contributed by atoms with Gasteiger partial charge in [0, 0.05) is 67.4 Å². The molecule has 1 atom stereocenters. The van der Waals surface area contributed by atoms with E-state index in [1.54, 1.807) is 43.3 Å². The standard InChI is InChI=1S/C32H37FN6O3/c1-2-42-32(39-20-24-12-13-25(17-26(24)31(39)41)38-14-6-3-7-15-38)30(40)37-19-23-11-10-21(29(34)35)16-28(23)36-18-22-8-4-5-9-27(22)33/h4-5,8-13,16-17,32,36H,2-3,6-7,14-15,18-20H2,1H3,(H3,34,35)(H,37,40)/t32-/m0/s1. The first-order valence-electron chi connectivity index (χ1n) is 14.4. The molecule has 1 fully saturated rings. The number of carbonyl (C=O) groups is 2. The summed E-state index contributed by atoms with van der Waals surface area (Å²) >= 11 is 0. The van der Waals surface area contributed by atoms with E-state index in [0.29, 0.717) is 27.9 Å². The minimum Gasteiger partial charge on any atom is -0.384 e. The lowest BCUT2D eigenvalue weighted by Crippen LogP contribution is -2.48. The fraction of sp³-hybridized carbons (Fsp3) is 0.344. The van der Waals surface area contributed by atoms with Crippen LogP contribution in [0.25, 0.3) is 0 Å². The molecule has 1 saturated heterocycles. The summed E-state index contributed by atoms with van der Waals surface area (Å²) in [5.41, 5.74) is 10.5. The summed E-state index contributed by atoms with van der Waals surface area (Å²) in [5.74, 6) is -1.10. The third kappa shape index (κ3) is 6.38. The fourth-order valence-electron chi connectivity index (χ4n) is 5.48. The third-order valence-electron chi connectivity index (χ3n) is 7.78. The zero-order chi connectivity index (χ0) is 29.6. The van der Waals surface area contributed by atoms with Crippen molar-refractivity contribution in [2.75, 3.05) is 29.9 Å². The molecule has 2 amide bonds. The summed E-state index contributed by atoms with van der Waals surface area (Å²) in [4.78, 5) is 30.7. The highest BCUT2D eigenvalue weighted by Crippen LogP contribution is 2.30. The number of amidine groups is 1. The molecule has 42 heavy (non-hydrogen) atoms. The van der Waals surface area contributed by atoms with Gasteiger partial charge in [0.05, 0.1) is 0 Å². The number of piperidine rings is 1. The van der Waals surface area contributed by atoms with Crippen molar-refractivity contribution in [2.24, 2.45) is 5.73 Å². The van der Waals surface area contributed by atoms with Crippen LogP contribution >= 0.6 is 0 Å². The summed E-state index contributed by atoms with van der Waals surface area (Å²) in [5, 5.41) is 13.9. The van der Waals surface area contributed by atoms with Crippen LogP contribution < -0.4 is 21.3 Å². The van der Waals surface area contributed by atoms with Gasteiger partial charge in [-0.15, -0.1) is 0 Å². The molecule has 2 heterocycles. The Balaban J connectivity index is 1.29. The highest BCUT2D eigenvalue weighted by atomic mass is 19.1. The molecule has 0 saturated carbocycles. The molecule has 0 radical (unpaired) electrons. The number of amides is 2. The van der Waals surface area contributed by atoms with E-state index in [4.69, 9.17) is 15.9 Å². The maximum Gasteiger partial charge on any atom is 0.270 e. The molecule has 0 aliphatic carbocycles. The van der Waals surface area contributed by atoms with Gasteiger partial charge in [0.2, 0.25) is 6.23 Å². The number of ether oxygens (including phenoxy) is 1. The average molecular weight is 573 g/mol. The quantitative estimate of drug-likeness (QED) is 0.200. The van der Waals surface area contributed by atoms with Gasteiger partial charge in [-0.3, -0.25) is 15.0 Å². The van der Waals surface area contributed by atoms with Crippen molar-refractivity contribution in [1.82, 2.24) is 10.2 Å². The molecule has 220 valence electrons. The lowest BCUT2D eigenvalue weighted by Gasteiger charge is -2.29. The lowest BCUT2D eigenvalue weighted by molar-refractivity contribution is -0.143. The average Bonchev–Trinajstić information content (AvgIpc) is 3.33. The molecule has 0 bridgehead atoms. The van der Waals surface area contributed by atoms with Crippen molar-refractivity contribution in [3.05, 3.63) is 94.3 Å². The van der Waals surface area contributed by atoms with Gasteiger partial charge in [0.1, 0.15) is 11.7 Å². The number of nitrogen functional groups attached to an aromatic ring is 1. The summed E-state index contributed by atoms with van der Waals surface area (Å²) < 4.78 is 20.0. The van der Waals surface area contributed by atoms with Crippen LogP contribution in [-0.4, -0.2) is 48.5 Å². The van der Waals surface area contributed by atoms with Crippen molar-refractivity contribution >= 4 is 29.0 Å². The zero-order valence-corrected chi connectivity index (χ0v) is 23.8. The van der Waals surface area contributed by atoms with Gasteiger partial charge >= 0.3 is 0 Å². The Morgan fingerprint density at radius 2 is 1.83 bits per heavy atom. The van der Waals surface area contributed by atoms with Gasteiger partial charge in [-0.1, -0.05) is 36.4 Å². The molecule has 0 unspecified atom stereocenters. The Kier molecular flexibility index (Phi) is 9.02. The first kappa shape index (κ1) is 29.1. The fourth-order valence-corrected chi connectivity index (χ4v) is 5.48. The first-order chi connectivity index (χ1) is 20.4. The van der Waals surface area contributed by atoms with Gasteiger partial charge in [-0.2, -0.15) is 0 Å². The highest BCUT2D eigenvalue weighted by Gasteiger charge is 2.37. The monoisotopic (exact) mass is 572 g/mol. The maximum atomic E-state index is 14.2. The zero-order valence-electron chi connectivity index (χ0n) is 23.8. The molecule has 5 rings (SSSR count). The van der Waals surface area contributed by atoms with Crippen LogP contribution in [0.5, 0.6) is 0 Å². The topological polar surface area (TPSA) is 124 Å². The van der Waals surface area contributed by atoms with Crippen molar-refractivity contribution in [3.8, 4) is 0 Å². The first-order valence-corrected chi connectivity index (χ1v) is 14.4. The van der Waals surface area contributed by atoms with Crippen LogP contribution in [-0.2, 0) is 29.2 Å². The van der Waals surface area contributed by atoms with E-state index >= 15 is 0 Å². The van der Waals surface area contributed by atoms with Crippen molar-refractivity contribution in [2.45, 2.75) is 52.0 Å². The number of anilines is 2. The Morgan fingerprint density at radius 3 is 2.57 bits per heavy atom. The normalized spacial score (nSPS) is 15.3. The van der Waals surface area contributed by atoms with Gasteiger partial charge in [0.15, 0.2) is 0 Å². The summed E-state index contributed by atoms with van der Waals surface area (Å²) in [7, 11) is 0. The predicted octanol–water partition coefficient (Wildman–Crippen LogP) is 4.35. The predicted molar refractivity (Wildman–Crippen MR) is 161 cm³/mol. The summed E-state index contributed by atoms with van der Waals surface area (Å²) in [6, 6.07) is 17.6. The van der Waals surface area contributed by atoms with E-state index < -0.39 is 12.1 Å². The molecule has 2 aliphatic heterocycles. The Bertz CT molecular complexity index is 1470. The van der Waals surface area contributed by atoms with Crippen LogP contribution in [0.2, 0.25) is 0 Å². The number of rotatable bonds is 11. The highest BCUT2D eigenvalue weighted by molar-refractivity contribution is 6.01. The molecule has 5 N–H and O–H groups in total. The van der Waals surface area contributed by atoms with E-state index in [2.05, 4.69) is 21.6 Å². The second-order valence-electron chi connectivity index (χ2n) is 10.6. The van der Waals surface area contributed by atoms with Crippen molar-refractivity contribution in [3.63, 3.8) is 0 Å². The van der Waals surface area contributed by atoms with Gasteiger partial charge < -0.3 is 30.9 Å². The van der Waals surface area contributed by atoms with E-state index in [-0.39, 0.29) is 43.8 Å². The van der Waals surface area contributed by atoms with Gasteiger partial charge in [0.25, 0.3) is 11.8 Å². The molecule has 0 spiro atoms.